The molecule has 2 aliphatic carbocycles. The van der Waals surface area contributed by atoms with Crippen LogP contribution < -0.4 is 0 Å². The highest BCUT2D eigenvalue weighted by atomic mass is 16.5. The van der Waals surface area contributed by atoms with Crippen LogP contribution in [0.25, 0.3) is 0 Å². The molecule has 1 spiro atoms. The van der Waals surface area contributed by atoms with Crippen molar-refractivity contribution in [1.82, 2.24) is 0 Å². The number of nitrogens with zero attached hydrogens (tertiary/aromatic N) is 1. The Morgan fingerprint density at radius 3 is 2.53 bits per heavy atom. The van der Waals surface area contributed by atoms with Crippen LogP contribution in [0.1, 0.15) is 64.2 Å². The maximum Gasteiger partial charge on any atom is 0.0707 e. The number of ether oxygens (including phenoxy) is 2. The van der Waals surface area contributed by atoms with Crippen molar-refractivity contribution < 1.29 is 14.7 Å². The van der Waals surface area contributed by atoms with Gasteiger partial charge in [0.05, 0.1) is 23.5 Å². The van der Waals surface area contributed by atoms with Gasteiger partial charge in [-0.1, -0.05) is 18.0 Å². The van der Waals surface area contributed by atoms with Gasteiger partial charge in [0, 0.05) is 13.0 Å². The lowest BCUT2D eigenvalue weighted by atomic mass is 9.89. The van der Waals surface area contributed by atoms with E-state index in [9.17, 15) is 0 Å². The quantitative estimate of drug-likeness (QED) is 0.617. The molecule has 3 aliphatic rings. The molecule has 1 saturated heterocycles. The van der Waals surface area contributed by atoms with Crippen LogP contribution >= 0.6 is 0 Å². The predicted octanol–water partition coefficient (Wildman–Crippen LogP) is 3.27. The fourth-order valence-corrected chi connectivity index (χ4v) is 3.90. The third kappa shape index (κ3) is 3.11. The van der Waals surface area contributed by atoms with Crippen molar-refractivity contribution >= 4 is 5.71 Å². The van der Waals surface area contributed by atoms with E-state index in [1.807, 2.05) is 0 Å². The molecule has 2 saturated carbocycles. The monoisotopic (exact) mass is 267 g/mol. The van der Waals surface area contributed by atoms with Crippen LogP contribution in [-0.4, -0.2) is 35.3 Å². The summed E-state index contributed by atoms with van der Waals surface area (Å²) in [6, 6.07) is 0. The Hall–Kier alpha value is -0.610. The van der Waals surface area contributed by atoms with Gasteiger partial charge in [0.1, 0.15) is 0 Å². The molecule has 1 heterocycles. The number of oxime groups is 1. The number of hydrogen-bond acceptors (Lipinski definition) is 4. The SMILES string of the molecule is ON=C1CCC(OC2CCOC3(CCCC3)C2)CC1. The summed E-state index contributed by atoms with van der Waals surface area (Å²) in [4.78, 5) is 0. The van der Waals surface area contributed by atoms with E-state index in [-0.39, 0.29) is 5.60 Å². The van der Waals surface area contributed by atoms with Crippen molar-refractivity contribution in [3.8, 4) is 0 Å². The van der Waals surface area contributed by atoms with E-state index in [2.05, 4.69) is 5.16 Å². The summed E-state index contributed by atoms with van der Waals surface area (Å²) in [5.74, 6) is 0. The average Bonchev–Trinajstić information content (AvgIpc) is 2.88. The molecule has 3 fully saturated rings. The Kier molecular flexibility index (Phi) is 4.08. The first-order valence-corrected chi connectivity index (χ1v) is 7.79. The van der Waals surface area contributed by atoms with Crippen molar-refractivity contribution in [2.75, 3.05) is 6.61 Å². The van der Waals surface area contributed by atoms with Crippen LogP contribution in [0.4, 0.5) is 0 Å². The normalized spacial score (nSPS) is 34.6. The second kappa shape index (κ2) is 5.80. The first-order valence-electron chi connectivity index (χ1n) is 7.79. The third-order valence-corrected chi connectivity index (χ3v) is 5.00. The zero-order valence-electron chi connectivity index (χ0n) is 11.6. The van der Waals surface area contributed by atoms with Gasteiger partial charge in [-0.05, 0) is 44.9 Å². The molecule has 0 amide bonds. The summed E-state index contributed by atoms with van der Waals surface area (Å²) in [6.07, 6.45) is 11.7. The fraction of sp³-hybridized carbons (Fsp3) is 0.933. The second-order valence-corrected chi connectivity index (χ2v) is 6.36. The molecule has 19 heavy (non-hydrogen) atoms. The summed E-state index contributed by atoms with van der Waals surface area (Å²) >= 11 is 0. The van der Waals surface area contributed by atoms with Gasteiger partial charge in [0.2, 0.25) is 0 Å². The minimum atomic E-state index is 0.148. The van der Waals surface area contributed by atoms with Gasteiger partial charge >= 0.3 is 0 Å². The van der Waals surface area contributed by atoms with E-state index >= 15 is 0 Å². The lowest BCUT2D eigenvalue weighted by Gasteiger charge is -2.40. The summed E-state index contributed by atoms with van der Waals surface area (Å²) < 4.78 is 12.3. The zero-order chi connectivity index (χ0) is 13.1. The van der Waals surface area contributed by atoms with E-state index in [1.54, 1.807) is 0 Å². The average molecular weight is 267 g/mol. The lowest BCUT2D eigenvalue weighted by molar-refractivity contribution is -0.147. The van der Waals surface area contributed by atoms with E-state index < -0.39 is 0 Å². The molecule has 1 unspecified atom stereocenters. The third-order valence-electron chi connectivity index (χ3n) is 5.00. The summed E-state index contributed by atoms with van der Waals surface area (Å²) in [6.45, 7) is 0.862. The highest BCUT2D eigenvalue weighted by Crippen LogP contribution is 2.41. The molecule has 1 atom stereocenters. The van der Waals surface area contributed by atoms with Gasteiger partial charge in [-0.25, -0.2) is 0 Å². The van der Waals surface area contributed by atoms with Crippen molar-refractivity contribution in [2.45, 2.75) is 82.0 Å². The summed E-state index contributed by atoms with van der Waals surface area (Å²) in [5.41, 5.74) is 1.08. The zero-order valence-corrected chi connectivity index (χ0v) is 11.6. The van der Waals surface area contributed by atoms with Crippen molar-refractivity contribution in [3.05, 3.63) is 0 Å². The molecular formula is C15H25NO3. The van der Waals surface area contributed by atoms with Crippen LogP contribution in [0.15, 0.2) is 5.16 Å². The van der Waals surface area contributed by atoms with Gasteiger partial charge in [0.25, 0.3) is 0 Å². The van der Waals surface area contributed by atoms with Crippen molar-refractivity contribution in [3.63, 3.8) is 0 Å². The Morgan fingerprint density at radius 1 is 1.11 bits per heavy atom. The number of rotatable bonds is 2. The maximum atomic E-state index is 8.77. The molecule has 4 heteroatoms. The smallest absolute Gasteiger partial charge is 0.0707 e. The van der Waals surface area contributed by atoms with E-state index in [0.717, 1.165) is 50.8 Å². The van der Waals surface area contributed by atoms with Crippen molar-refractivity contribution in [1.29, 1.82) is 0 Å². The van der Waals surface area contributed by atoms with Crippen LogP contribution in [0.2, 0.25) is 0 Å². The predicted molar refractivity (Wildman–Crippen MR) is 72.7 cm³/mol. The van der Waals surface area contributed by atoms with Gasteiger partial charge in [-0.15, -0.1) is 0 Å². The standard InChI is InChI=1S/C15H25NO3/c17-16-12-3-5-13(6-4-12)19-14-7-10-18-15(11-14)8-1-2-9-15/h13-14,17H,1-11H2. The van der Waals surface area contributed by atoms with Gasteiger partial charge in [0.15, 0.2) is 0 Å². The molecule has 0 aromatic carbocycles. The molecule has 0 aromatic heterocycles. The van der Waals surface area contributed by atoms with Crippen LogP contribution in [0, 0.1) is 0 Å². The Morgan fingerprint density at radius 2 is 1.84 bits per heavy atom. The molecule has 0 aromatic rings. The Labute approximate surface area is 115 Å². The van der Waals surface area contributed by atoms with Crippen molar-refractivity contribution in [2.24, 2.45) is 5.16 Å². The maximum absolute atomic E-state index is 8.77. The van der Waals surface area contributed by atoms with E-state index in [1.165, 1.54) is 25.7 Å². The molecule has 1 N–H and O–H groups in total. The summed E-state index contributed by atoms with van der Waals surface area (Å²) in [7, 11) is 0. The molecule has 1 aliphatic heterocycles. The van der Waals surface area contributed by atoms with Gasteiger partial charge in [-0.2, -0.15) is 0 Å². The lowest BCUT2D eigenvalue weighted by Crippen LogP contribution is -2.42. The Balaban J connectivity index is 1.50. The Bertz CT molecular complexity index is 326. The highest BCUT2D eigenvalue weighted by molar-refractivity contribution is 5.84. The summed E-state index contributed by atoms with van der Waals surface area (Å²) in [5, 5.41) is 12.1. The second-order valence-electron chi connectivity index (χ2n) is 6.36. The van der Waals surface area contributed by atoms with Crippen LogP contribution in [0.3, 0.4) is 0 Å². The minimum absolute atomic E-state index is 0.148. The number of hydrogen-bond donors (Lipinski definition) is 1. The molecule has 4 nitrogen and oxygen atoms in total. The van der Waals surface area contributed by atoms with E-state index in [4.69, 9.17) is 14.7 Å². The van der Waals surface area contributed by atoms with Crippen LogP contribution in [-0.2, 0) is 9.47 Å². The topological polar surface area (TPSA) is 51.1 Å². The first-order chi connectivity index (χ1) is 9.30. The fourth-order valence-electron chi connectivity index (χ4n) is 3.90. The molecule has 0 bridgehead atoms. The molecule has 0 radical (unpaired) electrons. The van der Waals surface area contributed by atoms with Gasteiger partial charge < -0.3 is 14.7 Å². The van der Waals surface area contributed by atoms with Gasteiger partial charge in [-0.3, -0.25) is 0 Å². The molecule has 108 valence electrons. The van der Waals surface area contributed by atoms with E-state index in [0.29, 0.717) is 12.2 Å². The highest BCUT2D eigenvalue weighted by Gasteiger charge is 2.40. The van der Waals surface area contributed by atoms with Crippen LogP contribution in [0.5, 0.6) is 0 Å². The minimum Gasteiger partial charge on any atom is -0.411 e. The first kappa shape index (κ1) is 13.4. The largest absolute Gasteiger partial charge is 0.411 e. The molecular weight excluding hydrogens is 242 g/mol. The molecule has 3 rings (SSSR count).